The summed E-state index contributed by atoms with van der Waals surface area (Å²) >= 11 is 0. The summed E-state index contributed by atoms with van der Waals surface area (Å²) < 4.78 is 33.3. The van der Waals surface area contributed by atoms with Crippen molar-refractivity contribution in [2.75, 3.05) is 26.4 Å². The zero-order valence-corrected chi connectivity index (χ0v) is 34.3. The van der Waals surface area contributed by atoms with Gasteiger partial charge in [-0.15, -0.1) is 0 Å². The molecule has 0 aromatic carbocycles. The molecular weight excluding hydrogens is 681 g/mol. The van der Waals surface area contributed by atoms with E-state index in [1.165, 1.54) is 135 Å². The highest BCUT2D eigenvalue weighted by Gasteiger charge is 2.27. The summed E-state index contributed by atoms with van der Waals surface area (Å²) in [5.74, 6) is -1.77. The normalized spacial score (nSPS) is 14.1. The molecule has 52 heavy (non-hydrogen) atoms. The smallest absolute Gasteiger partial charge is 0.472 e. The van der Waals surface area contributed by atoms with Crippen molar-refractivity contribution < 1.29 is 42.7 Å². The van der Waals surface area contributed by atoms with Crippen molar-refractivity contribution in [3.05, 3.63) is 12.2 Å². The van der Waals surface area contributed by atoms with Crippen LogP contribution in [0.3, 0.4) is 0 Å². The summed E-state index contributed by atoms with van der Waals surface area (Å²) in [5, 5.41) is 8.88. The van der Waals surface area contributed by atoms with E-state index >= 15 is 0 Å². The standard InChI is InChI=1S/C41H80NO9P/c1-3-5-7-9-11-13-15-17-19-21-23-25-27-29-31-33-40(43)51-38(36-49-52(46,47)50-37-39(42)41(44)45)35-48-34-32-30-28-26-24-22-20-18-16-14-12-10-8-6-4-2/h16,18,38-39H,3-15,17,19-37,42H2,1-2H3,(H,44,45)(H,46,47)/b18-16-. The highest BCUT2D eigenvalue weighted by atomic mass is 31.2. The summed E-state index contributed by atoms with van der Waals surface area (Å²) in [6, 6.07) is -1.47. The van der Waals surface area contributed by atoms with Gasteiger partial charge >= 0.3 is 19.8 Å². The number of carboxylic acid groups (broad SMARTS) is 1. The lowest BCUT2D eigenvalue weighted by atomic mass is 10.0. The minimum atomic E-state index is -4.61. The van der Waals surface area contributed by atoms with Gasteiger partial charge in [0.1, 0.15) is 12.1 Å². The molecule has 0 heterocycles. The first-order valence-electron chi connectivity index (χ1n) is 21.2. The molecule has 0 saturated heterocycles. The van der Waals surface area contributed by atoms with Crippen molar-refractivity contribution >= 4 is 19.8 Å². The molecule has 0 aromatic heterocycles. The predicted octanol–water partition coefficient (Wildman–Crippen LogP) is 11.4. The van der Waals surface area contributed by atoms with Gasteiger partial charge in [0.25, 0.3) is 0 Å². The Kier molecular flexibility index (Phi) is 37.1. The van der Waals surface area contributed by atoms with Crippen molar-refractivity contribution in [3.63, 3.8) is 0 Å². The summed E-state index contributed by atoms with van der Waals surface area (Å²) in [6.07, 6.45) is 38.3. The third kappa shape index (κ3) is 37.0. The van der Waals surface area contributed by atoms with Gasteiger partial charge in [-0.05, 0) is 38.5 Å². The Balaban J connectivity index is 4.24. The van der Waals surface area contributed by atoms with Gasteiger partial charge in [0.15, 0.2) is 0 Å². The van der Waals surface area contributed by atoms with Crippen LogP contribution >= 0.6 is 7.82 Å². The van der Waals surface area contributed by atoms with Crippen LogP contribution in [0.4, 0.5) is 0 Å². The van der Waals surface area contributed by atoms with Gasteiger partial charge in [-0.1, -0.05) is 167 Å². The van der Waals surface area contributed by atoms with Crippen LogP contribution in [-0.4, -0.2) is 60.5 Å². The molecule has 0 radical (unpaired) electrons. The van der Waals surface area contributed by atoms with Crippen molar-refractivity contribution in [2.45, 2.75) is 212 Å². The van der Waals surface area contributed by atoms with Gasteiger partial charge in [0, 0.05) is 13.0 Å². The molecule has 0 aliphatic carbocycles. The lowest BCUT2D eigenvalue weighted by Gasteiger charge is -2.20. The molecule has 3 unspecified atom stereocenters. The van der Waals surface area contributed by atoms with E-state index in [0.717, 1.165) is 44.9 Å². The van der Waals surface area contributed by atoms with E-state index < -0.39 is 45.1 Å². The number of carboxylic acids is 1. The third-order valence-electron chi connectivity index (χ3n) is 9.29. The number of carbonyl (C=O) groups is 2. The maximum absolute atomic E-state index is 12.6. The van der Waals surface area contributed by atoms with Crippen molar-refractivity contribution in [3.8, 4) is 0 Å². The summed E-state index contributed by atoms with van der Waals surface area (Å²) in [6.45, 7) is 3.88. The maximum atomic E-state index is 12.6. The van der Waals surface area contributed by atoms with E-state index in [0.29, 0.717) is 6.61 Å². The summed E-state index contributed by atoms with van der Waals surface area (Å²) in [5.41, 5.74) is 5.35. The van der Waals surface area contributed by atoms with Gasteiger partial charge in [0.2, 0.25) is 0 Å². The molecular formula is C41H80NO9P. The first-order valence-corrected chi connectivity index (χ1v) is 22.7. The number of phosphoric ester groups is 1. The van der Waals surface area contributed by atoms with Gasteiger partial charge in [-0.25, -0.2) is 4.57 Å². The number of hydrogen-bond acceptors (Lipinski definition) is 8. The Hall–Kier alpha value is -1.29. The molecule has 11 heteroatoms. The molecule has 0 bridgehead atoms. The van der Waals surface area contributed by atoms with Crippen molar-refractivity contribution in [1.29, 1.82) is 0 Å². The van der Waals surface area contributed by atoms with Crippen molar-refractivity contribution in [2.24, 2.45) is 5.73 Å². The Morgan fingerprint density at radius 2 is 1.00 bits per heavy atom. The highest BCUT2D eigenvalue weighted by Crippen LogP contribution is 2.43. The van der Waals surface area contributed by atoms with Crippen LogP contribution in [0, 0.1) is 0 Å². The molecule has 0 fully saturated rings. The number of rotatable bonds is 41. The number of esters is 1. The Bertz CT molecular complexity index is 888. The number of hydrogen-bond donors (Lipinski definition) is 3. The van der Waals surface area contributed by atoms with Gasteiger partial charge in [0.05, 0.1) is 19.8 Å². The van der Waals surface area contributed by atoms with Crippen molar-refractivity contribution in [1.82, 2.24) is 0 Å². The van der Waals surface area contributed by atoms with E-state index in [-0.39, 0.29) is 13.0 Å². The fourth-order valence-corrected chi connectivity index (χ4v) is 6.73. The Morgan fingerprint density at radius 1 is 0.596 bits per heavy atom. The predicted molar refractivity (Wildman–Crippen MR) is 212 cm³/mol. The number of ether oxygens (including phenoxy) is 2. The van der Waals surface area contributed by atoms with Crippen LogP contribution in [0.25, 0.3) is 0 Å². The number of allylic oxidation sites excluding steroid dienone is 2. The van der Waals surface area contributed by atoms with E-state index in [1.807, 2.05) is 0 Å². The molecule has 4 N–H and O–H groups in total. The second kappa shape index (κ2) is 38.0. The zero-order valence-electron chi connectivity index (χ0n) is 33.4. The molecule has 0 aromatic rings. The monoisotopic (exact) mass is 762 g/mol. The fraction of sp³-hybridized carbons (Fsp3) is 0.902. The van der Waals surface area contributed by atoms with E-state index in [9.17, 15) is 19.0 Å². The molecule has 0 aliphatic heterocycles. The second-order valence-electron chi connectivity index (χ2n) is 14.5. The number of phosphoric acid groups is 1. The highest BCUT2D eigenvalue weighted by molar-refractivity contribution is 7.47. The van der Waals surface area contributed by atoms with Crippen LogP contribution in [0.1, 0.15) is 200 Å². The molecule has 3 atom stereocenters. The Labute approximate surface area is 318 Å². The molecule has 0 spiro atoms. The largest absolute Gasteiger partial charge is 0.480 e. The van der Waals surface area contributed by atoms with E-state index in [2.05, 4.69) is 26.0 Å². The van der Waals surface area contributed by atoms with E-state index in [4.69, 9.17) is 29.4 Å². The van der Waals surface area contributed by atoms with E-state index in [1.54, 1.807) is 0 Å². The number of nitrogens with two attached hydrogens (primary N) is 1. The molecule has 0 aliphatic rings. The SMILES string of the molecule is CCCCCCC/C=C\CCCCCCCCOCC(COP(=O)(O)OCC(N)C(=O)O)OC(=O)CCCCCCCCCCCCCCCCC. The summed E-state index contributed by atoms with van der Waals surface area (Å²) in [4.78, 5) is 33.5. The average molecular weight is 762 g/mol. The average Bonchev–Trinajstić information content (AvgIpc) is 3.12. The van der Waals surface area contributed by atoms with Gasteiger partial charge in [-0.3, -0.25) is 18.6 Å². The minimum absolute atomic E-state index is 0.0180. The lowest BCUT2D eigenvalue weighted by Crippen LogP contribution is -2.34. The summed E-state index contributed by atoms with van der Waals surface area (Å²) in [7, 11) is -4.61. The van der Waals surface area contributed by atoms with Gasteiger partial charge < -0.3 is 25.2 Å². The third-order valence-corrected chi connectivity index (χ3v) is 10.2. The van der Waals surface area contributed by atoms with Crippen LogP contribution in [0.5, 0.6) is 0 Å². The van der Waals surface area contributed by atoms with Crippen LogP contribution < -0.4 is 5.73 Å². The molecule has 10 nitrogen and oxygen atoms in total. The molecule has 0 rings (SSSR count). The molecule has 0 saturated carbocycles. The van der Waals surface area contributed by atoms with Gasteiger partial charge in [-0.2, -0.15) is 0 Å². The Morgan fingerprint density at radius 3 is 1.46 bits per heavy atom. The minimum Gasteiger partial charge on any atom is -0.480 e. The number of unbranched alkanes of at least 4 members (excludes halogenated alkanes) is 25. The number of carbonyl (C=O) groups excluding carboxylic acids is 1. The first kappa shape index (κ1) is 50.7. The topological polar surface area (TPSA) is 155 Å². The molecule has 308 valence electrons. The van der Waals surface area contributed by atoms with Crippen LogP contribution in [0.15, 0.2) is 12.2 Å². The fourth-order valence-electron chi connectivity index (χ4n) is 5.95. The van der Waals surface area contributed by atoms with Crippen LogP contribution in [0.2, 0.25) is 0 Å². The quantitative estimate of drug-likeness (QED) is 0.0237. The lowest BCUT2D eigenvalue weighted by molar-refractivity contribution is -0.154. The molecule has 0 amide bonds. The first-order chi connectivity index (χ1) is 25.2. The maximum Gasteiger partial charge on any atom is 0.472 e. The van der Waals surface area contributed by atoms with Crippen LogP contribution in [-0.2, 0) is 32.7 Å². The zero-order chi connectivity index (χ0) is 38.4. The second-order valence-corrected chi connectivity index (χ2v) is 15.9. The number of aliphatic carboxylic acids is 1.